The van der Waals surface area contributed by atoms with Gasteiger partial charge in [0, 0.05) is 0 Å². The van der Waals surface area contributed by atoms with Crippen molar-refractivity contribution < 1.29 is 9.59 Å². The van der Waals surface area contributed by atoms with E-state index in [-0.39, 0.29) is 7.43 Å². The van der Waals surface area contributed by atoms with Gasteiger partial charge in [-0.15, -0.1) is 0 Å². The Morgan fingerprint density at radius 3 is 0.545 bits per heavy atom. The van der Waals surface area contributed by atoms with E-state index in [2.05, 4.69) is 0 Å². The molecule has 0 radical (unpaired) electrons. The fourth-order valence-corrected chi connectivity index (χ4v) is 0.770. The lowest BCUT2D eigenvalue weighted by Gasteiger charge is -1.69. The summed E-state index contributed by atoms with van der Waals surface area (Å²) in [6.45, 7) is 0. The molecule has 0 amide bonds. The number of hydrogen-bond donors (Lipinski definition) is 4. The first-order valence-electron chi connectivity index (χ1n) is 5.41. The SMILES string of the molecule is C.N=C=N.N=C=O.N=C=O.c1ccccc1.c1ccccc1. The van der Waals surface area contributed by atoms with Gasteiger partial charge in [-0.05, 0) is 0 Å². The number of nitrogens with one attached hydrogen (secondary N) is 4. The summed E-state index contributed by atoms with van der Waals surface area (Å²) < 4.78 is 0. The maximum atomic E-state index is 8.35. The Morgan fingerprint density at radius 1 is 0.455 bits per heavy atom. The maximum Gasteiger partial charge on any atom is 0.231 e. The molecule has 0 bridgehead atoms. The van der Waals surface area contributed by atoms with Crippen LogP contribution in [0.1, 0.15) is 7.43 Å². The molecule has 2 aromatic carbocycles. The lowest BCUT2D eigenvalue weighted by molar-refractivity contribution is 0.562. The van der Waals surface area contributed by atoms with Crippen LogP contribution in [0.25, 0.3) is 0 Å². The molecule has 116 valence electrons. The molecule has 2 aromatic rings. The molecule has 4 N–H and O–H groups in total. The summed E-state index contributed by atoms with van der Waals surface area (Å²) >= 11 is 0. The van der Waals surface area contributed by atoms with Crippen molar-refractivity contribution in [3.8, 4) is 0 Å². The van der Waals surface area contributed by atoms with Gasteiger partial charge in [0.15, 0.2) is 0 Å². The van der Waals surface area contributed by atoms with E-state index in [9.17, 15) is 0 Å². The van der Waals surface area contributed by atoms with Crippen LogP contribution in [-0.2, 0) is 9.59 Å². The van der Waals surface area contributed by atoms with Gasteiger partial charge in [-0.2, -0.15) is 0 Å². The van der Waals surface area contributed by atoms with Gasteiger partial charge in [-0.3, -0.25) is 0 Å². The van der Waals surface area contributed by atoms with Gasteiger partial charge < -0.3 is 0 Å². The van der Waals surface area contributed by atoms with Crippen molar-refractivity contribution >= 4 is 18.2 Å². The number of rotatable bonds is 0. The van der Waals surface area contributed by atoms with Crippen LogP contribution in [0, 0.1) is 21.6 Å². The van der Waals surface area contributed by atoms with Crippen LogP contribution in [0.15, 0.2) is 72.8 Å². The molecule has 0 aliphatic carbocycles. The molecule has 0 heterocycles. The van der Waals surface area contributed by atoms with Crippen molar-refractivity contribution in [1.29, 1.82) is 21.6 Å². The van der Waals surface area contributed by atoms with Gasteiger partial charge >= 0.3 is 0 Å². The molecule has 0 aliphatic rings. The highest BCUT2D eigenvalue weighted by Gasteiger charge is 1.58. The predicted octanol–water partition coefficient (Wildman–Crippen LogP) is 4.13. The number of hydrogen-bond acceptors (Lipinski definition) is 6. The fraction of sp³-hybridized carbons (Fsp3) is 0.0625. The summed E-state index contributed by atoms with van der Waals surface area (Å²) in [5, 5.41) is 22.1. The van der Waals surface area contributed by atoms with E-state index in [4.69, 9.17) is 31.2 Å². The normalized spacial score (nSPS) is 5.45. The van der Waals surface area contributed by atoms with Gasteiger partial charge in [-0.1, -0.05) is 80.2 Å². The number of carbonyl (C=O) groups excluding carboxylic acids is 2. The van der Waals surface area contributed by atoms with Gasteiger partial charge in [0.25, 0.3) is 0 Å². The molecule has 6 nitrogen and oxygen atoms in total. The van der Waals surface area contributed by atoms with E-state index in [1.807, 2.05) is 72.8 Å². The molecular formula is C16H20N4O2. The Bertz CT molecular complexity index is 385. The molecule has 0 saturated carbocycles. The lowest BCUT2D eigenvalue weighted by atomic mass is 10.4. The first-order chi connectivity index (χ1) is 10.2. The van der Waals surface area contributed by atoms with Crippen LogP contribution in [0.5, 0.6) is 0 Å². The molecule has 0 aromatic heterocycles. The largest absolute Gasteiger partial charge is 0.242 e. The zero-order valence-electron chi connectivity index (χ0n) is 11.2. The van der Waals surface area contributed by atoms with Crippen LogP contribution in [0.3, 0.4) is 0 Å². The highest BCUT2D eigenvalue weighted by Crippen LogP contribution is 1.80. The summed E-state index contributed by atoms with van der Waals surface area (Å²) in [7, 11) is 0. The minimum absolute atomic E-state index is 0. The Kier molecular flexibility index (Phi) is 44.3. The van der Waals surface area contributed by atoms with E-state index in [1.54, 1.807) is 0 Å². The molecule has 6 heteroatoms. The van der Waals surface area contributed by atoms with Crippen LogP contribution >= 0.6 is 0 Å². The minimum atomic E-state index is 0. The van der Waals surface area contributed by atoms with Gasteiger partial charge in [0.1, 0.15) is 0 Å². The van der Waals surface area contributed by atoms with Crippen molar-refractivity contribution in [2.24, 2.45) is 0 Å². The van der Waals surface area contributed by atoms with Gasteiger partial charge in [0.2, 0.25) is 12.2 Å². The Labute approximate surface area is 130 Å². The van der Waals surface area contributed by atoms with Crippen molar-refractivity contribution in [1.82, 2.24) is 0 Å². The third-order valence-electron chi connectivity index (χ3n) is 1.33. The highest BCUT2D eigenvalue weighted by atomic mass is 16.1. The van der Waals surface area contributed by atoms with E-state index in [1.165, 1.54) is 6.01 Å². The second-order valence-electron chi connectivity index (χ2n) is 2.64. The summed E-state index contributed by atoms with van der Waals surface area (Å²) in [4.78, 5) is 16.7. The molecule has 0 saturated heterocycles. The average Bonchev–Trinajstić information content (AvgIpc) is 2.54. The third-order valence-corrected chi connectivity index (χ3v) is 1.33. The summed E-state index contributed by atoms with van der Waals surface area (Å²) in [5.41, 5.74) is 0. The third kappa shape index (κ3) is 54.7. The zero-order valence-corrected chi connectivity index (χ0v) is 11.2. The summed E-state index contributed by atoms with van der Waals surface area (Å²) in [6, 6.07) is 25.2. The summed E-state index contributed by atoms with van der Waals surface area (Å²) in [5.74, 6) is 0. The summed E-state index contributed by atoms with van der Waals surface area (Å²) in [6.07, 6.45) is 1.50. The van der Waals surface area contributed by atoms with Crippen LogP contribution in [0.2, 0.25) is 0 Å². The van der Waals surface area contributed by atoms with Gasteiger partial charge in [-0.25, -0.2) is 31.2 Å². The Balaban J connectivity index is -0.0000000959. The van der Waals surface area contributed by atoms with E-state index >= 15 is 0 Å². The zero-order chi connectivity index (χ0) is 16.6. The second kappa shape index (κ2) is 36.0. The van der Waals surface area contributed by atoms with E-state index < -0.39 is 0 Å². The highest BCUT2D eigenvalue weighted by molar-refractivity contribution is 5.29. The second-order valence-corrected chi connectivity index (χ2v) is 2.64. The van der Waals surface area contributed by atoms with E-state index in [0.717, 1.165) is 12.2 Å². The molecule has 0 fully saturated rings. The first kappa shape index (κ1) is 27.0. The molecule has 22 heavy (non-hydrogen) atoms. The first-order valence-corrected chi connectivity index (χ1v) is 5.41. The fourth-order valence-electron chi connectivity index (χ4n) is 0.770. The quantitative estimate of drug-likeness (QED) is 0.430. The maximum absolute atomic E-state index is 8.35. The minimum Gasteiger partial charge on any atom is -0.242 e. The lowest BCUT2D eigenvalue weighted by Crippen LogP contribution is -1.47. The van der Waals surface area contributed by atoms with Crippen molar-refractivity contribution in [3.63, 3.8) is 0 Å². The molecule has 0 aliphatic heterocycles. The molecule has 0 spiro atoms. The van der Waals surface area contributed by atoms with Crippen LogP contribution in [0.4, 0.5) is 0 Å². The number of benzene rings is 2. The predicted molar refractivity (Wildman–Crippen MR) is 86.9 cm³/mol. The van der Waals surface area contributed by atoms with Crippen molar-refractivity contribution in [3.05, 3.63) is 72.8 Å². The molecular weight excluding hydrogens is 280 g/mol. The number of isocyanates is 2. The van der Waals surface area contributed by atoms with E-state index in [0.29, 0.717) is 0 Å². The molecule has 0 unspecified atom stereocenters. The Morgan fingerprint density at radius 2 is 0.500 bits per heavy atom. The smallest absolute Gasteiger partial charge is 0.231 e. The molecule has 2 rings (SSSR count). The topological polar surface area (TPSA) is 130 Å². The van der Waals surface area contributed by atoms with Gasteiger partial charge in [0.05, 0.1) is 6.01 Å². The molecule has 0 atom stereocenters. The standard InChI is InChI=1S/2C6H6.CH2N2.2CHNO.CH4/c2*1-2-4-6-5-3-1;3*2-1-3;/h2*1-6H;2-3H;2*2H;1H4. The van der Waals surface area contributed by atoms with Crippen LogP contribution < -0.4 is 0 Å². The van der Waals surface area contributed by atoms with Crippen molar-refractivity contribution in [2.75, 3.05) is 0 Å². The monoisotopic (exact) mass is 300 g/mol. The average molecular weight is 300 g/mol. The van der Waals surface area contributed by atoms with Crippen LogP contribution in [-0.4, -0.2) is 18.2 Å². The Hall–Kier alpha value is -3.42. The van der Waals surface area contributed by atoms with Crippen molar-refractivity contribution in [2.45, 2.75) is 7.43 Å².